The first-order valence-corrected chi connectivity index (χ1v) is 12.4. The Labute approximate surface area is 204 Å². The van der Waals surface area contributed by atoms with Crippen molar-refractivity contribution in [3.63, 3.8) is 0 Å². The third-order valence-corrected chi connectivity index (χ3v) is 8.25. The third-order valence-electron chi connectivity index (χ3n) is 8.25. The minimum Gasteiger partial charge on any atom is -0.508 e. The van der Waals surface area contributed by atoms with Gasteiger partial charge in [0, 0.05) is 30.3 Å². The summed E-state index contributed by atoms with van der Waals surface area (Å²) >= 11 is 0. The number of benzene rings is 3. The van der Waals surface area contributed by atoms with Gasteiger partial charge in [0.25, 0.3) is 5.69 Å². The Hall–Kier alpha value is -3.64. The van der Waals surface area contributed by atoms with Crippen molar-refractivity contribution < 1.29 is 10.0 Å². The molecule has 0 bridgehead atoms. The number of nitrogens with one attached hydrogen (secondary N) is 1. The van der Waals surface area contributed by atoms with Crippen molar-refractivity contribution in [1.82, 2.24) is 9.88 Å². The second kappa shape index (κ2) is 8.54. The first-order chi connectivity index (χ1) is 17.0. The molecule has 3 aromatic carbocycles. The number of H-pyrrole nitrogens is 1. The normalized spacial score (nSPS) is 22.0. The Morgan fingerprint density at radius 1 is 1.09 bits per heavy atom. The molecule has 4 aromatic rings. The molecule has 6 heteroatoms. The largest absolute Gasteiger partial charge is 0.508 e. The molecule has 1 aromatic heterocycles. The number of phenolic OH excluding ortho intramolecular Hbond substituents is 1. The van der Waals surface area contributed by atoms with E-state index in [0.717, 1.165) is 67.5 Å². The Balaban J connectivity index is 1.39. The van der Waals surface area contributed by atoms with Crippen LogP contribution in [0.15, 0.2) is 72.8 Å². The smallest absolute Gasteiger partial charge is 0.279 e. The van der Waals surface area contributed by atoms with Gasteiger partial charge < -0.3 is 15.0 Å². The van der Waals surface area contributed by atoms with Gasteiger partial charge in [-0.15, -0.1) is 0 Å². The van der Waals surface area contributed by atoms with Gasteiger partial charge in [-0.05, 0) is 73.0 Å². The lowest BCUT2D eigenvalue weighted by atomic mass is 9.58. The zero-order valence-electron chi connectivity index (χ0n) is 19.6. The number of nitro benzene ring substituents is 1. The van der Waals surface area contributed by atoms with Gasteiger partial charge >= 0.3 is 0 Å². The molecule has 0 radical (unpaired) electrons. The first-order valence-electron chi connectivity index (χ1n) is 12.4. The number of non-ortho nitro benzene ring substituents is 1. The fourth-order valence-electron chi connectivity index (χ4n) is 6.51. The summed E-state index contributed by atoms with van der Waals surface area (Å²) in [5, 5.41) is 22.9. The summed E-state index contributed by atoms with van der Waals surface area (Å²) in [4.78, 5) is 17.6. The molecule has 1 aliphatic heterocycles. The van der Waals surface area contributed by atoms with Crippen LogP contribution in [0.4, 0.5) is 5.69 Å². The number of nitro groups is 1. The van der Waals surface area contributed by atoms with E-state index < -0.39 is 0 Å². The standard InChI is InChI=1S/C29H29N3O3/c33-23-9-4-8-21(16-23)29-13-15-31(14-12-20-6-2-1-3-7-20)19-22(29)17-24-26(18-29)30-25-10-5-11-27(28(24)25)32(34)35/h1-11,16,22,30,33H,12-15,17-19H2. The number of piperidine rings is 1. The number of aromatic amines is 1. The molecule has 2 unspecified atom stereocenters. The van der Waals surface area contributed by atoms with E-state index in [2.05, 4.69) is 40.2 Å². The highest BCUT2D eigenvalue weighted by atomic mass is 16.6. The van der Waals surface area contributed by atoms with Gasteiger partial charge in [0.15, 0.2) is 0 Å². The van der Waals surface area contributed by atoms with E-state index in [-0.39, 0.29) is 16.0 Å². The molecular weight excluding hydrogens is 438 g/mol. The van der Waals surface area contributed by atoms with Gasteiger partial charge in [-0.25, -0.2) is 0 Å². The molecule has 2 atom stereocenters. The Morgan fingerprint density at radius 3 is 2.71 bits per heavy atom. The monoisotopic (exact) mass is 467 g/mol. The molecule has 0 saturated carbocycles. The molecule has 2 N–H and O–H groups in total. The average molecular weight is 468 g/mol. The lowest BCUT2D eigenvalue weighted by Gasteiger charge is -2.51. The van der Waals surface area contributed by atoms with Crippen LogP contribution in [0.1, 0.15) is 28.8 Å². The quantitative estimate of drug-likeness (QED) is 0.305. The Kier molecular flexibility index (Phi) is 5.33. The number of phenols is 1. The highest BCUT2D eigenvalue weighted by molar-refractivity contribution is 5.93. The highest BCUT2D eigenvalue weighted by Gasteiger charge is 2.48. The third kappa shape index (κ3) is 3.78. The minimum absolute atomic E-state index is 0.107. The molecule has 6 rings (SSSR count). The average Bonchev–Trinajstić information content (AvgIpc) is 3.23. The summed E-state index contributed by atoms with van der Waals surface area (Å²) in [6.07, 6.45) is 3.59. The van der Waals surface area contributed by atoms with E-state index in [4.69, 9.17) is 0 Å². The SMILES string of the molecule is O=[N+]([O-])c1cccc2[nH]c3c(c12)CC1CN(CCc2ccccc2)CCC1(c1cccc(O)c1)C3. The number of fused-ring (bicyclic) bond motifs is 4. The maximum Gasteiger partial charge on any atom is 0.279 e. The number of hydrogen-bond acceptors (Lipinski definition) is 4. The van der Waals surface area contributed by atoms with Gasteiger partial charge in [-0.3, -0.25) is 10.1 Å². The second-order valence-corrected chi connectivity index (χ2v) is 10.1. The minimum atomic E-state index is -0.263. The van der Waals surface area contributed by atoms with Crippen molar-refractivity contribution in [2.45, 2.75) is 31.1 Å². The van der Waals surface area contributed by atoms with E-state index in [9.17, 15) is 15.2 Å². The van der Waals surface area contributed by atoms with E-state index in [0.29, 0.717) is 11.7 Å². The highest BCUT2D eigenvalue weighted by Crippen LogP contribution is 2.50. The summed E-state index contributed by atoms with van der Waals surface area (Å²) in [7, 11) is 0. The number of rotatable bonds is 5. The molecule has 2 heterocycles. The van der Waals surface area contributed by atoms with Crippen molar-refractivity contribution in [1.29, 1.82) is 0 Å². The van der Waals surface area contributed by atoms with Crippen LogP contribution in [0, 0.1) is 16.0 Å². The van der Waals surface area contributed by atoms with Crippen LogP contribution >= 0.6 is 0 Å². The van der Waals surface area contributed by atoms with Crippen molar-refractivity contribution in [2.24, 2.45) is 5.92 Å². The molecule has 0 spiro atoms. The lowest BCUT2D eigenvalue weighted by molar-refractivity contribution is -0.383. The van der Waals surface area contributed by atoms with Gasteiger partial charge in [-0.1, -0.05) is 48.5 Å². The van der Waals surface area contributed by atoms with E-state index >= 15 is 0 Å². The predicted octanol–water partition coefficient (Wildman–Crippen LogP) is 5.38. The Bertz CT molecular complexity index is 1400. The van der Waals surface area contributed by atoms with Crippen molar-refractivity contribution in [3.05, 3.63) is 105 Å². The maximum atomic E-state index is 11.8. The zero-order chi connectivity index (χ0) is 24.0. The molecule has 2 aliphatic rings. The second-order valence-electron chi connectivity index (χ2n) is 10.1. The molecule has 1 saturated heterocycles. The van der Waals surface area contributed by atoms with Crippen LogP contribution in [-0.2, 0) is 24.7 Å². The van der Waals surface area contributed by atoms with E-state index in [1.54, 1.807) is 18.2 Å². The van der Waals surface area contributed by atoms with E-state index in [1.165, 1.54) is 11.1 Å². The topological polar surface area (TPSA) is 82.4 Å². The number of aromatic hydroxyl groups is 1. The van der Waals surface area contributed by atoms with E-state index in [1.807, 2.05) is 24.3 Å². The lowest BCUT2D eigenvalue weighted by Crippen LogP contribution is -2.54. The summed E-state index contributed by atoms with van der Waals surface area (Å²) < 4.78 is 0. The fourth-order valence-corrected chi connectivity index (χ4v) is 6.51. The van der Waals surface area contributed by atoms with Crippen molar-refractivity contribution >= 4 is 16.6 Å². The number of likely N-dealkylation sites (tertiary alicyclic amines) is 1. The van der Waals surface area contributed by atoms with Crippen LogP contribution in [0.3, 0.4) is 0 Å². The molecule has 1 aliphatic carbocycles. The fraction of sp³-hybridized carbons (Fsp3) is 0.310. The van der Waals surface area contributed by atoms with Crippen LogP contribution in [0.25, 0.3) is 10.9 Å². The molecule has 0 amide bonds. The van der Waals surface area contributed by atoms with Gasteiger partial charge in [0.2, 0.25) is 0 Å². The zero-order valence-corrected chi connectivity index (χ0v) is 19.6. The summed E-state index contributed by atoms with van der Waals surface area (Å²) in [5.74, 6) is 0.598. The molecule has 35 heavy (non-hydrogen) atoms. The summed E-state index contributed by atoms with van der Waals surface area (Å²) in [5.41, 5.74) is 5.63. The van der Waals surface area contributed by atoms with Crippen LogP contribution in [0.5, 0.6) is 5.75 Å². The predicted molar refractivity (Wildman–Crippen MR) is 137 cm³/mol. The molecule has 178 valence electrons. The van der Waals surface area contributed by atoms with Crippen molar-refractivity contribution in [2.75, 3.05) is 19.6 Å². The Morgan fingerprint density at radius 2 is 1.91 bits per heavy atom. The summed E-state index contributed by atoms with van der Waals surface area (Å²) in [6.45, 7) is 2.93. The molecular formula is C29H29N3O3. The van der Waals surface area contributed by atoms with Crippen LogP contribution < -0.4 is 0 Å². The molecule has 1 fully saturated rings. The first kappa shape index (κ1) is 21.9. The van der Waals surface area contributed by atoms with Gasteiger partial charge in [0.1, 0.15) is 5.75 Å². The van der Waals surface area contributed by atoms with Gasteiger partial charge in [0.05, 0.1) is 15.8 Å². The van der Waals surface area contributed by atoms with Gasteiger partial charge in [-0.2, -0.15) is 0 Å². The number of aromatic nitrogens is 1. The van der Waals surface area contributed by atoms with Crippen molar-refractivity contribution in [3.8, 4) is 5.75 Å². The maximum absolute atomic E-state index is 11.8. The number of nitrogens with zero attached hydrogens (tertiary/aromatic N) is 2. The number of hydrogen-bond donors (Lipinski definition) is 2. The summed E-state index contributed by atoms with van der Waals surface area (Å²) in [6, 6.07) is 23.6. The molecule has 6 nitrogen and oxygen atoms in total. The van der Waals surface area contributed by atoms with Crippen LogP contribution in [0.2, 0.25) is 0 Å². The van der Waals surface area contributed by atoms with Crippen LogP contribution in [-0.4, -0.2) is 39.5 Å².